The molecule has 0 aliphatic heterocycles. The van der Waals surface area contributed by atoms with Crippen molar-refractivity contribution in [2.24, 2.45) is 0 Å². The van der Waals surface area contributed by atoms with E-state index in [0.29, 0.717) is 21.3 Å². The first-order chi connectivity index (χ1) is 9.38. The molecule has 20 heavy (non-hydrogen) atoms. The Morgan fingerprint density at radius 3 is 2.55 bits per heavy atom. The topological polar surface area (TPSA) is 85.4 Å². The van der Waals surface area contributed by atoms with E-state index in [9.17, 15) is 4.79 Å². The third kappa shape index (κ3) is 3.07. The van der Waals surface area contributed by atoms with E-state index in [-0.39, 0.29) is 16.6 Å². The summed E-state index contributed by atoms with van der Waals surface area (Å²) in [6, 6.07) is 6.24. The summed E-state index contributed by atoms with van der Waals surface area (Å²) in [6.07, 6.45) is -1.54. The molecule has 0 radical (unpaired) electrons. The summed E-state index contributed by atoms with van der Waals surface area (Å²) in [6.45, 7) is 0. The number of nitrogens with zero attached hydrogens (tertiary/aromatic N) is 1. The van der Waals surface area contributed by atoms with Gasteiger partial charge >= 0.3 is 6.16 Å². The van der Waals surface area contributed by atoms with E-state index in [4.69, 9.17) is 45.6 Å². The standard InChI is InChI=1S/C12H7Cl3N2O3/c13-5-1-2-6(7(14)3-5)9-4-8(16)10(15)11(17-9)20-12(18)19/h1-4H,(H2,16,17)(H,18,19). The minimum Gasteiger partial charge on any atom is -0.449 e. The van der Waals surface area contributed by atoms with Crippen LogP contribution in [-0.4, -0.2) is 16.2 Å². The fourth-order valence-electron chi connectivity index (χ4n) is 1.51. The summed E-state index contributed by atoms with van der Waals surface area (Å²) < 4.78 is 4.48. The Labute approximate surface area is 128 Å². The fraction of sp³-hybridized carbons (Fsp3) is 0. The van der Waals surface area contributed by atoms with Crippen molar-refractivity contribution in [2.45, 2.75) is 0 Å². The summed E-state index contributed by atoms with van der Waals surface area (Å²) in [5.74, 6) is -0.305. The third-order valence-corrected chi connectivity index (χ3v) is 3.27. The second kappa shape index (κ2) is 5.75. The number of rotatable bonds is 2. The molecule has 0 bridgehead atoms. The molecular weight excluding hydrogens is 327 g/mol. The zero-order chi connectivity index (χ0) is 14.9. The lowest BCUT2D eigenvalue weighted by molar-refractivity contribution is 0.142. The van der Waals surface area contributed by atoms with Gasteiger partial charge in [-0.1, -0.05) is 34.8 Å². The number of benzene rings is 1. The molecule has 2 aromatic rings. The van der Waals surface area contributed by atoms with Gasteiger partial charge in [-0.05, 0) is 24.3 Å². The van der Waals surface area contributed by atoms with Gasteiger partial charge in [0.15, 0.2) is 0 Å². The van der Waals surface area contributed by atoms with Crippen molar-refractivity contribution in [1.29, 1.82) is 0 Å². The van der Waals surface area contributed by atoms with Crippen LogP contribution in [0.1, 0.15) is 0 Å². The van der Waals surface area contributed by atoms with Gasteiger partial charge in [-0.3, -0.25) is 0 Å². The Hall–Kier alpha value is -1.69. The summed E-state index contributed by atoms with van der Waals surface area (Å²) in [7, 11) is 0. The van der Waals surface area contributed by atoms with Gasteiger partial charge in [0.2, 0.25) is 5.88 Å². The van der Waals surface area contributed by atoms with Crippen molar-refractivity contribution in [3.05, 3.63) is 39.3 Å². The molecule has 2 rings (SSSR count). The number of hydrogen-bond acceptors (Lipinski definition) is 4. The Morgan fingerprint density at radius 1 is 1.25 bits per heavy atom. The molecule has 104 valence electrons. The number of nitrogens with two attached hydrogens (primary N) is 1. The van der Waals surface area contributed by atoms with E-state index >= 15 is 0 Å². The molecule has 1 heterocycles. The molecule has 0 saturated carbocycles. The highest BCUT2D eigenvalue weighted by molar-refractivity contribution is 6.36. The molecule has 5 nitrogen and oxygen atoms in total. The van der Waals surface area contributed by atoms with Crippen LogP contribution < -0.4 is 10.5 Å². The monoisotopic (exact) mass is 332 g/mol. The molecule has 0 spiro atoms. The molecule has 0 fully saturated rings. The van der Waals surface area contributed by atoms with E-state index in [0.717, 1.165) is 0 Å². The van der Waals surface area contributed by atoms with Crippen LogP contribution >= 0.6 is 34.8 Å². The number of anilines is 1. The second-order valence-corrected chi connectivity index (χ2v) is 4.93. The zero-order valence-electron chi connectivity index (χ0n) is 9.73. The minimum absolute atomic E-state index is 0.0822. The maximum Gasteiger partial charge on any atom is 0.512 e. The van der Waals surface area contributed by atoms with Crippen molar-refractivity contribution in [2.75, 3.05) is 5.73 Å². The molecule has 3 N–H and O–H groups in total. The van der Waals surface area contributed by atoms with Crippen LogP contribution in [0.25, 0.3) is 11.3 Å². The van der Waals surface area contributed by atoms with Crippen molar-refractivity contribution < 1.29 is 14.6 Å². The van der Waals surface area contributed by atoms with Gasteiger partial charge in [0.25, 0.3) is 0 Å². The van der Waals surface area contributed by atoms with Gasteiger partial charge in [0.1, 0.15) is 5.02 Å². The smallest absolute Gasteiger partial charge is 0.449 e. The summed E-state index contributed by atoms with van der Waals surface area (Å²) in [5, 5.41) is 9.35. The highest BCUT2D eigenvalue weighted by atomic mass is 35.5. The van der Waals surface area contributed by atoms with Crippen molar-refractivity contribution in [1.82, 2.24) is 4.98 Å². The van der Waals surface area contributed by atoms with Gasteiger partial charge < -0.3 is 15.6 Å². The molecule has 1 aromatic heterocycles. The zero-order valence-corrected chi connectivity index (χ0v) is 12.0. The average molecular weight is 334 g/mol. The molecule has 8 heteroatoms. The quantitative estimate of drug-likeness (QED) is 0.798. The summed E-state index contributed by atoms with van der Waals surface area (Å²) in [4.78, 5) is 14.6. The third-order valence-electron chi connectivity index (χ3n) is 2.35. The molecular formula is C12H7Cl3N2O3. The number of hydrogen-bond donors (Lipinski definition) is 2. The Balaban J connectivity index is 2.57. The largest absolute Gasteiger partial charge is 0.512 e. The van der Waals surface area contributed by atoms with Crippen molar-refractivity contribution in [3.8, 4) is 17.1 Å². The van der Waals surface area contributed by atoms with E-state index in [2.05, 4.69) is 9.72 Å². The van der Waals surface area contributed by atoms with Gasteiger partial charge in [0.05, 0.1) is 16.4 Å². The maximum absolute atomic E-state index is 10.6. The van der Waals surface area contributed by atoms with Gasteiger partial charge in [-0.15, -0.1) is 0 Å². The van der Waals surface area contributed by atoms with Crippen LogP contribution in [0.3, 0.4) is 0 Å². The van der Waals surface area contributed by atoms with Gasteiger partial charge in [-0.2, -0.15) is 0 Å². The molecule has 0 aliphatic rings. The summed E-state index contributed by atoms with van der Waals surface area (Å²) >= 11 is 17.7. The first-order valence-corrected chi connectivity index (χ1v) is 6.34. The molecule has 0 amide bonds. The molecule has 0 atom stereocenters. The number of carbonyl (C=O) groups is 1. The molecule has 0 saturated heterocycles. The summed E-state index contributed by atoms with van der Waals surface area (Å²) in [5.41, 5.74) is 6.67. The highest BCUT2D eigenvalue weighted by Gasteiger charge is 2.15. The van der Waals surface area contributed by atoms with Gasteiger partial charge in [0, 0.05) is 10.6 Å². The highest BCUT2D eigenvalue weighted by Crippen LogP contribution is 2.36. The number of carboxylic acid groups (broad SMARTS) is 1. The fourth-order valence-corrected chi connectivity index (χ4v) is 2.15. The predicted molar refractivity (Wildman–Crippen MR) is 77.8 cm³/mol. The maximum atomic E-state index is 10.6. The predicted octanol–water partition coefficient (Wildman–Crippen LogP) is 4.35. The van der Waals surface area contributed by atoms with Crippen LogP contribution in [0, 0.1) is 0 Å². The van der Waals surface area contributed by atoms with Gasteiger partial charge in [-0.25, -0.2) is 9.78 Å². The lowest BCUT2D eigenvalue weighted by atomic mass is 10.1. The second-order valence-electron chi connectivity index (χ2n) is 3.71. The number of aromatic nitrogens is 1. The number of halogens is 3. The average Bonchev–Trinajstić information content (AvgIpc) is 2.34. The lowest BCUT2D eigenvalue weighted by Crippen LogP contribution is -2.06. The van der Waals surface area contributed by atoms with E-state index < -0.39 is 6.16 Å². The minimum atomic E-state index is -1.54. The van der Waals surface area contributed by atoms with E-state index in [1.54, 1.807) is 12.1 Å². The number of nitrogen functional groups attached to an aromatic ring is 1. The SMILES string of the molecule is Nc1cc(-c2ccc(Cl)cc2Cl)nc(OC(=O)O)c1Cl. The molecule has 1 aromatic carbocycles. The Bertz CT molecular complexity index is 692. The van der Waals surface area contributed by atoms with Crippen LogP contribution in [0.2, 0.25) is 15.1 Å². The van der Waals surface area contributed by atoms with Crippen molar-refractivity contribution >= 4 is 46.6 Å². The molecule has 0 unspecified atom stereocenters. The first kappa shape index (κ1) is 14.7. The van der Waals surface area contributed by atoms with E-state index in [1.165, 1.54) is 12.1 Å². The Kier molecular flexibility index (Phi) is 4.23. The lowest BCUT2D eigenvalue weighted by Gasteiger charge is -2.09. The van der Waals surface area contributed by atoms with Crippen LogP contribution in [0.15, 0.2) is 24.3 Å². The van der Waals surface area contributed by atoms with Crippen molar-refractivity contribution in [3.63, 3.8) is 0 Å². The molecule has 0 aliphatic carbocycles. The first-order valence-electron chi connectivity index (χ1n) is 5.20. The number of ether oxygens (including phenoxy) is 1. The van der Waals surface area contributed by atoms with E-state index in [1.807, 2.05) is 0 Å². The van der Waals surface area contributed by atoms with Crippen LogP contribution in [0.5, 0.6) is 5.88 Å². The van der Waals surface area contributed by atoms with Crippen LogP contribution in [0.4, 0.5) is 10.5 Å². The normalized spacial score (nSPS) is 10.3. The Morgan fingerprint density at radius 2 is 1.95 bits per heavy atom. The number of pyridine rings is 1. The van der Waals surface area contributed by atoms with Crippen LogP contribution in [-0.2, 0) is 0 Å².